The smallest absolute Gasteiger partial charge is 0.129 e. The van der Waals surface area contributed by atoms with Gasteiger partial charge in [0.15, 0.2) is 0 Å². The van der Waals surface area contributed by atoms with Gasteiger partial charge in [-0.1, -0.05) is 0 Å². The lowest BCUT2D eigenvalue weighted by Crippen LogP contribution is -1.91. The number of hydrogen-bond acceptors (Lipinski definition) is 4. The Balaban J connectivity index is 2.30. The molecule has 0 spiro atoms. The van der Waals surface area contributed by atoms with Gasteiger partial charge in [0.05, 0.1) is 18.4 Å². The molecular formula is C13H14FNO2S. The Hall–Kier alpha value is -1.46. The van der Waals surface area contributed by atoms with Crippen LogP contribution in [0, 0.1) is 5.82 Å². The number of aliphatic hydroxyl groups excluding tert-OH is 1. The van der Waals surface area contributed by atoms with Gasteiger partial charge in [-0.2, -0.15) is 0 Å². The van der Waals surface area contributed by atoms with E-state index in [1.165, 1.54) is 23.5 Å². The molecule has 0 radical (unpaired) electrons. The molecule has 2 aromatic rings. The lowest BCUT2D eigenvalue weighted by molar-refractivity contribution is 0.288. The minimum atomic E-state index is -0.307. The van der Waals surface area contributed by atoms with Crippen molar-refractivity contribution in [1.29, 1.82) is 0 Å². The van der Waals surface area contributed by atoms with E-state index >= 15 is 0 Å². The van der Waals surface area contributed by atoms with Crippen molar-refractivity contribution in [3.8, 4) is 16.3 Å². The monoisotopic (exact) mass is 267 g/mol. The zero-order chi connectivity index (χ0) is 13.0. The second-order valence-corrected chi connectivity index (χ2v) is 4.67. The fourth-order valence-electron chi connectivity index (χ4n) is 1.65. The number of ether oxygens (including phenoxy) is 1. The van der Waals surface area contributed by atoms with Crippen molar-refractivity contribution in [2.45, 2.75) is 12.8 Å². The number of nitrogens with zero attached hydrogens (tertiary/aromatic N) is 1. The summed E-state index contributed by atoms with van der Waals surface area (Å²) >= 11 is 1.45. The van der Waals surface area contributed by atoms with Crippen LogP contribution in [0.4, 0.5) is 4.39 Å². The fraction of sp³-hybridized carbons (Fsp3) is 0.308. The van der Waals surface area contributed by atoms with Crippen molar-refractivity contribution in [2.75, 3.05) is 13.7 Å². The van der Waals surface area contributed by atoms with Crippen LogP contribution in [0.25, 0.3) is 10.6 Å². The highest BCUT2D eigenvalue weighted by Crippen LogP contribution is 2.32. The first-order valence-corrected chi connectivity index (χ1v) is 6.51. The summed E-state index contributed by atoms with van der Waals surface area (Å²) in [6.45, 7) is 0.149. The van der Waals surface area contributed by atoms with E-state index in [1.807, 2.05) is 5.38 Å². The molecule has 0 saturated heterocycles. The minimum absolute atomic E-state index is 0.149. The van der Waals surface area contributed by atoms with E-state index in [-0.39, 0.29) is 12.4 Å². The molecule has 0 bridgehead atoms. The van der Waals surface area contributed by atoms with Crippen molar-refractivity contribution in [2.24, 2.45) is 0 Å². The van der Waals surface area contributed by atoms with Gasteiger partial charge in [0.2, 0.25) is 0 Å². The molecule has 1 aromatic heterocycles. The van der Waals surface area contributed by atoms with E-state index in [0.717, 1.165) is 17.1 Å². The van der Waals surface area contributed by atoms with Crippen molar-refractivity contribution in [1.82, 2.24) is 4.98 Å². The van der Waals surface area contributed by atoms with Gasteiger partial charge in [0, 0.05) is 12.0 Å². The zero-order valence-corrected chi connectivity index (χ0v) is 10.8. The Labute approximate surface area is 109 Å². The molecule has 0 saturated carbocycles. The molecule has 0 unspecified atom stereocenters. The van der Waals surface area contributed by atoms with Crippen LogP contribution >= 0.6 is 11.3 Å². The Kier molecular flexibility index (Phi) is 4.28. The van der Waals surface area contributed by atoms with Gasteiger partial charge in [-0.05, 0) is 31.0 Å². The van der Waals surface area contributed by atoms with Crippen LogP contribution in [0.15, 0.2) is 23.6 Å². The van der Waals surface area contributed by atoms with Gasteiger partial charge in [0.1, 0.15) is 16.6 Å². The van der Waals surface area contributed by atoms with E-state index in [2.05, 4.69) is 4.98 Å². The molecular weight excluding hydrogens is 253 g/mol. The zero-order valence-electron chi connectivity index (χ0n) is 10.0. The number of halogens is 1. The van der Waals surface area contributed by atoms with Crippen molar-refractivity contribution >= 4 is 11.3 Å². The topological polar surface area (TPSA) is 42.4 Å². The summed E-state index contributed by atoms with van der Waals surface area (Å²) in [5, 5.41) is 11.4. The number of thiazole rings is 1. The third-order valence-corrected chi connectivity index (χ3v) is 3.46. The van der Waals surface area contributed by atoms with E-state index < -0.39 is 0 Å². The van der Waals surface area contributed by atoms with Crippen LogP contribution < -0.4 is 4.74 Å². The molecule has 3 nitrogen and oxygen atoms in total. The molecule has 0 fully saturated rings. The van der Waals surface area contributed by atoms with Gasteiger partial charge in [-0.15, -0.1) is 11.3 Å². The number of rotatable bonds is 5. The Morgan fingerprint density at radius 2 is 2.28 bits per heavy atom. The normalized spacial score (nSPS) is 10.6. The summed E-state index contributed by atoms with van der Waals surface area (Å²) in [7, 11) is 1.55. The molecule has 2 rings (SSSR count). The molecule has 18 heavy (non-hydrogen) atoms. The third kappa shape index (κ3) is 2.86. The standard InChI is InChI=1S/C13H14FNO2S/c1-17-12-5-4-9(14)7-11(12)13-15-10(8-18-13)3-2-6-16/h4-5,7-8,16H,2-3,6H2,1H3. The van der Waals surface area contributed by atoms with Gasteiger partial charge in [-0.25, -0.2) is 9.37 Å². The average molecular weight is 267 g/mol. The van der Waals surface area contributed by atoms with Gasteiger partial charge < -0.3 is 9.84 Å². The van der Waals surface area contributed by atoms with Crippen LogP contribution in [-0.4, -0.2) is 23.8 Å². The van der Waals surface area contributed by atoms with Crippen LogP contribution in [0.2, 0.25) is 0 Å². The van der Waals surface area contributed by atoms with Gasteiger partial charge in [0.25, 0.3) is 0 Å². The highest BCUT2D eigenvalue weighted by atomic mass is 32.1. The first kappa shape index (κ1) is 13.0. The summed E-state index contributed by atoms with van der Waals surface area (Å²) in [6.07, 6.45) is 1.41. The summed E-state index contributed by atoms with van der Waals surface area (Å²) in [4.78, 5) is 4.43. The van der Waals surface area contributed by atoms with E-state index in [4.69, 9.17) is 9.84 Å². The van der Waals surface area contributed by atoms with Gasteiger partial charge in [-0.3, -0.25) is 0 Å². The predicted octanol–water partition coefficient (Wildman–Crippen LogP) is 2.88. The maximum atomic E-state index is 13.3. The molecule has 1 aromatic carbocycles. The summed E-state index contributed by atoms with van der Waals surface area (Å²) in [6, 6.07) is 4.38. The van der Waals surface area contributed by atoms with E-state index in [0.29, 0.717) is 17.7 Å². The Bertz CT molecular complexity index is 527. The molecule has 0 aliphatic carbocycles. The average Bonchev–Trinajstić information content (AvgIpc) is 2.85. The van der Waals surface area contributed by atoms with E-state index in [1.54, 1.807) is 13.2 Å². The quantitative estimate of drug-likeness (QED) is 0.905. The lowest BCUT2D eigenvalue weighted by Gasteiger charge is -2.05. The van der Waals surface area contributed by atoms with Crippen molar-refractivity contribution < 1.29 is 14.2 Å². The molecule has 96 valence electrons. The maximum Gasteiger partial charge on any atom is 0.129 e. The highest BCUT2D eigenvalue weighted by Gasteiger charge is 2.11. The van der Waals surface area contributed by atoms with E-state index in [9.17, 15) is 4.39 Å². The first-order valence-electron chi connectivity index (χ1n) is 5.63. The number of aromatic nitrogens is 1. The number of hydrogen-bond donors (Lipinski definition) is 1. The van der Waals surface area contributed by atoms with Crippen LogP contribution in [-0.2, 0) is 6.42 Å². The molecule has 0 atom stereocenters. The number of aliphatic hydroxyl groups is 1. The van der Waals surface area contributed by atoms with Crippen LogP contribution in [0.5, 0.6) is 5.75 Å². The molecule has 1 N–H and O–H groups in total. The molecule has 5 heteroatoms. The second-order valence-electron chi connectivity index (χ2n) is 3.82. The SMILES string of the molecule is COc1ccc(F)cc1-c1nc(CCCO)cs1. The predicted molar refractivity (Wildman–Crippen MR) is 69.5 cm³/mol. The molecule has 0 aliphatic heterocycles. The third-order valence-electron chi connectivity index (χ3n) is 2.53. The lowest BCUT2D eigenvalue weighted by atomic mass is 10.2. The Morgan fingerprint density at radius 1 is 1.44 bits per heavy atom. The summed E-state index contributed by atoms with van der Waals surface area (Å²) in [5.41, 5.74) is 1.58. The molecule has 0 amide bonds. The molecule has 1 heterocycles. The highest BCUT2D eigenvalue weighted by molar-refractivity contribution is 7.13. The van der Waals surface area contributed by atoms with Crippen molar-refractivity contribution in [3.05, 3.63) is 35.1 Å². The van der Waals surface area contributed by atoms with Crippen molar-refractivity contribution in [3.63, 3.8) is 0 Å². The largest absolute Gasteiger partial charge is 0.496 e. The summed E-state index contributed by atoms with van der Waals surface area (Å²) < 4.78 is 18.5. The maximum absolute atomic E-state index is 13.3. The van der Waals surface area contributed by atoms with Gasteiger partial charge >= 0.3 is 0 Å². The fourth-order valence-corrected chi connectivity index (χ4v) is 2.53. The minimum Gasteiger partial charge on any atom is -0.496 e. The number of aryl methyl sites for hydroxylation is 1. The van der Waals surface area contributed by atoms with Crippen LogP contribution in [0.1, 0.15) is 12.1 Å². The Morgan fingerprint density at radius 3 is 3.00 bits per heavy atom. The summed E-state index contributed by atoms with van der Waals surface area (Å²) in [5.74, 6) is 0.303. The van der Waals surface area contributed by atoms with Crippen LogP contribution in [0.3, 0.4) is 0 Å². The number of methoxy groups -OCH3 is 1. The number of benzene rings is 1. The second kappa shape index (κ2) is 5.93. The molecule has 0 aliphatic rings. The first-order chi connectivity index (χ1) is 8.74.